The Labute approximate surface area is 132 Å². The summed E-state index contributed by atoms with van der Waals surface area (Å²) in [5, 5.41) is 8.80. The molecule has 0 aliphatic heterocycles. The summed E-state index contributed by atoms with van der Waals surface area (Å²) in [6.07, 6.45) is 1.77. The van der Waals surface area contributed by atoms with Gasteiger partial charge in [0, 0.05) is 11.6 Å². The molecule has 22 heavy (non-hydrogen) atoms. The first-order valence-corrected chi connectivity index (χ1v) is 6.85. The van der Waals surface area contributed by atoms with Crippen LogP contribution in [0.25, 0.3) is 0 Å². The molecule has 2 aromatic carbocycles. The molecule has 1 N–H and O–H groups in total. The summed E-state index contributed by atoms with van der Waals surface area (Å²) >= 11 is 6.08. The predicted octanol–water partition coefficient (Wildman–Crippen LogP) is 3.74. The van der Waals surface area contributed by atoms with Crippen molar-refractivity contribution in [2.24, 2.45) is 0 Å². The van der Waals surface area contributed by atoms with Gasteiger partial charge in [-0.15, -0.1) is 0 Å². The molecule has 0 saturated heterocycles. The van der Waals surface area contributed by atoms with Crippen molar-refractivity contribution in [3.05, 3.63) is 76.8 Å². The molecule has 0 atom stereocenters. The average molecular weight is 317 g/mol. The van der Waals surface area contributed by atoms with E-state index in [0.717, 1.165) is 17.7 Å². The lowest BCUT2D eigenvalue weighted by atomic mass is 10.1. The predicted molar refractivity (Wildman–Crippen MR) is 83.3 cm³/mol. The largest absolute Gasteiger partial charge is 0.487 e. The van der Waals surface area contributed by atoms with Crippen LogP contribution in [0.4, 0.5) is 0 Å². The molecule has 0 saturated carbocycles. The lowest BCUT2D eigenvalue weighted by molar-refractivity contribution is -0.131. The van der Waals surface area contributed by atoms with Crippen molar-refractivity contribution in [2.45, 2.75) is 6.61 Å². The van der Waals surface area contributed by atoms with E-state index >= 15 is 0 Å². The number of carbonyl (C=O) groups is 2. The number of ether oxygens (including phenoxy) is 1. The van der Waals surface area contributed by atoms with Crippen LogP contribution in [0.1, 0.15) is 15.9 Å². The molecule has 0 amide bonds. The molecule has 0 aromatic heterocycles. The highest BCUT2D eigenvalue weighted by molar-refractivity contribution is 6.32. The van der Waals surface area contributed by atoms with Crippen LogP contribution in [-0.4, -0.2) is 16.9 Å². The van der Waals surface area contributed by atoms with Crippen molar-refractivity contribution in [2.75, 3.05) is 0 Å². The van der Waals surface area contributed by atoms with Crippen molar-refractivity contribution >= 4 is 23.4 Å². The van der Waals surface area contributed by atoms with E-state index in [9.17, 15) is 9.59 Å². The van der Waals surface area contributed by atoms with Crippen LogP contribution in [0.3, 0.4) is 0 Å². The van der Waals surface area contributed by atoms with Gasteiger partial charge in [0.25, 0.3) is 0 Å². The van der Waals surface area contributed by atoms with Gasteiger partial charge in [0.05, 0.1) is 5.02 Å². The molecule has 0 spiro atoms. The molecule has 0 unspecified atom stereocenters. The second-order valence-electron chi connectivity index (χ2n) is 4.46. The first-order chi connectivity index (χ1) is 10.6. The fourth-order valence-electron chi connectivity index (χ4n) is 1.75. The molecule has 0 fully saturated rings. The van der Waals surface area contributed by atoms with Gasteiger partial charge in [-0.3, -0.25) is 4.79 Å². The fraction of sp³-hybridized carbons (Fsp3) is 0.0588. The molecular formula is C17H13ClO4. The van der Waals surface area contributed by atoms with Crippen molar-refractivity contribution in [1.29, 1.82) is 0 Å². The second-order valence-corrected chi connectivity index (χ2v) is 4.86. The number of rotatable bonds is 6. The highest BCUT2D eigenvalue weighted by Crippen LogP contribution is 2.26. The van der Waals surface area contributed by atoms with Gasteiger partial charge in [-0.1, -0.05) is 41.9 Å². The van der Waals surface area contributed by atoms with Crippen molar-refractivity contribution < 1.29 is 19.4 Å². The Morgan fingerprint density at radius 2 is 1.82 bits per heavy atom. The molecule has 0 bridgehead atoms. The standard InChI is InChI=1S/C17H13ClO4/c18-14-10-13(15(19)7-9-17(20)21)6-8-16(14)22-11-12-4-2-1-3-5-12/h1-10H,11H2,(H,20,21)/b9-7+. The van der Waals surface area contributed by atoms with Gasteiger partial charge in [0.2, 0.25) is 0 Å². The molecular weight excluding hydrogens is 304 g/mol. The zero-order chi connectivity index (χ0) is 15.9. The fourth-order valence-corrected chi connectivity index (χ4v) is 1.98. The third-order valence-electron chi connectivity index (χ3n) is 2.83. The number of carboxylic acids is 1. The number of hydrogen-bond acceptors (Lipinski definition) is 3. The molecule has 0 aliphatic rings. The monoisotopic (exact) mass is 316 g/mol. The number of carbonyl (C=O) groups excluding carboxylic acids is 1. The zero-order valence-electron chi connectivity index (χ0n) is 11.5. The molecule has 0 aliphatic carbocycles. The minimum Gasteiger partial charge on any atom is -0.487 e. The number of aliphatic carboxylic acids is 1. The van der Waals surface area contributed by atoms with E-state index in [2.05, 4.69) is 0 Å². The van der Waals surface area contributed by atoms with Crippen LogP contribution in [-0.2, 0) is 11.4 Å². The van der Waals surface area contributed by atoms with Crippen LogP contribution in [0.15, 0.2) is 60.7 Å². The van der Waals surface area contributed by atoms with Crippen LogP contribution >= 0.6 is 11.6 Å². The summed E-state index contributed by atoms with van der Waals surface area (Å²) in [6.45, 7) is 0.368. The topological polar surface area (TPSA) is 63.6 Å². The van der Waals surface area contributed by atoms with Crippen LogP contribution in [0, 0.1) is 0 Å². The second kappa shape index (κ2) is 7.43. The Bertz CT molecular complexity index is 708. The van der Waals surface area contributed by atoms with Gasteiger partial charge >= 0.3 is 5.97 Å². The number of allylic oxidation sites excluding steroid dienone is 1. The smallest absolute Gasteiger partial charge is 0.328 e. The van der Waals surface area contributed by atoms with Gasteiger partial charge in [0.15, 0.2) is 5.78 Å². The Kier molecular flexibility index (Phi) is 5.33. The van der Waals surface area contributed by atoms with Gasteiger partial charge in [-0.05, 0) is 29.8 Å². The normalized spacial score (nSPS) is 10.6. The molecule has 5 heteroatoms. The maximum atomic E-state index is 11.7. The number of hydrogen-bond donors (Lipinski definition) is 1. The molecule has 0 radical (unpaired) electrons. The quantitative estimate of drug-likeness (QED) is 0.651. The maximum absolute atomic E-state index is 11.7. The first-order valence-electron chi connectivity index (χ1n) is 6.48. The Morgan fingerprint density at radius 1 is 1.09 bits per heavy atom. The first kappa shape index (κ1) is 15.8. The summed E-state index contributed by atoms with van der Waals surface area (Å²) in [4.78, 5) is 22.1. The van der Waals surface area contributed by atoms with Crippen LogP contribution < -0.4 is 4.74 Å². The van der Waals surface area contributed by atoms with E-state index < -0.39 is 11.8 Å². The van der Waals surface area contributed by atoms with Crippen molar-refractivity contribution in [1.82, 2.24) is 0 Å². The molecule has 0 heterocycles. The Hall–Kier alpha value is -2.59. The van der Waals surface area contributed by atoms with Crippen LogP contribution in [0.5, 0.6) is 5.75 Å². The Balaban J connectivity index is 2.06. The third-order valence-corrected chi connectivity index (χ3v) is 3.13. The average Bonchev–Trinajstić information content (AvgIpc) is 2.52. The summed E-state index contributed by atoms with van der Waals surface area (Å²) in [6, 6.07) is 14.2. The minimum atomic E-state index is -1.18. The lowest BCUT2D eigenvalue weighted by Crippen LogP contribution is -1.99. The number of halogens is 1. The maximum Gasteiger partial charge on any atom is 0.328 e. The highest BCUT2D eigenvalue weighted by Gasteiger charge is 2.08. The highest BCUT2D eigenvalue weighted by atomic mass is 35.5. The molecule has 2 rings (SSSR count). The lowest BCUT2D eigenvalue weighted by Gasteiger charge is -2.09. The van der Waals surface area contributed by atoms with E-state index in [4.69, 9.17) is 21.4 Å². The number of carboxylic acid groups (broad SMARTS) is 1. The molecule has 2 aromatic rings. The van der Waals surface area contributed by atoms with E-state index in [0.29, 0.717) is 22.9 Å². The summed E-state index contributed by atoms with van der Waals surface area (Å²) in [5.41, 5.74) is 1.30. The van der Waals surface area contributed by atoms with Gasteiger partial charge in [-0.25, -0.2) is 4.79 Å². The van der Waals surface area contributed by atoms with Crippen molar-refractivity contribution in [3.63, 3.8) is 0 Å². The van der Waals surface area contributed by atoms with Gasteiger partial charge < -0.3 is 9.84 Å². The van der Waals surface area contributed by atoms with Crippen LogP contribution in [0.2, 0.25) is 5.02 Å². The minimum absolute atomic E-state index is 0.297. The van der Waals surface area contributed by atoms with Gasteiger partial charge in [0.1, 0.15) is 12.4 Å². The summed E-state index contributed by atoms with van der Waals surface area (Å²) in [5.74, 6) is -1.15. The van der Waals surface area contributed by atoms with E-state index in [1.54, 1.807) is 12.1 Å². The molecule has 112 valence electrons. The number of benzene rings is 2. The van der Waals surface area contributed by atoms with Gasteiger partial charge in [-0.2, -0.15) is 0 Å². The SMILES string of the molecule is O=C(O)/C=C/C(=O)c1ccc(OCc2ccccc2)c(Cl)c1. The van der Waals surface area contributed by atoms with E-state index in [1.165, 1.54) is 6.07 Å². The van der Waals surface area contributed by atoms with Crippen molar-refractivity contribution in [3.8, 4) is 5.75 Å². The third kappa shape index (κ3) is 4.46. The van der Waals surface area contributed by atoms with E-state index in [1.807, 2.05) is 30.3 Å². The summed E-state index contributed by atoms with van der Waals surface area (Å²) in [7, 11) is 0. The van der Waals surface area contributed by atoms with E-state index in [-0.39, 0.29) is 0 Å². The number of ketones is 1. The molecule has 4 nitrogen and oxygen atoms in total. The summed E-state index contributed by atoms with van der Waals surface area (Å²) < 4.78 is 5.60. The zero-order valence-corrected chi connectivity index (χ0v) is 12.3. The Morgan fingerprint density at radius 3 is 2.45 bits per heavy atom.